The van der Waals surface area contributed by atoms with Gasteiger partial charge in [0, 0.05) is 5.22 Å². The summed E-state index contributed by atoms with van der Waals surface area (Å²) in [7, 11) is -5.23. The van der Waals surface area contributed by atoms with Crippen LogP contribution in [0, 0.1) is 0 Å². The van der Waals surface area contributed by atoms with E-state index < -0.39 is 25.4 Å². The molecular formula is C19H36O2Si3. The third kappa shape index (κ3) is 4.79. The van der Waals surface area contributed by atoms with Crippen molar-refractivity contribution in [1.29, 1.82) is 0 Å². The van der Waals surface area contributed by atoms with E-state index in [0.29, 0.717) is 0 Å². The van der Waals surface area contributed by atoms with Crippen LogP contribution in [0.25, 0.3) is 0 Å². The van der Waals surface area contributed by atoms with Crippen LogP contribution in [0.3, 0.4) is 0 Å². The first-order valence-electron chi connectivity index (χ1n) is 8.87. The zero-order valence-corrected chi connectivity index (χ0v) is 20.2. The van der Waals surface area contributed by atoms with Crippen molar-refractivity contribution in [2.75, 3.05) is 0 Å². The fourth-order valence-electron chi connectivity index (χ4n) is 2.54. The molecule has 0 N–H and O–H groups in total. The van der Waals surface area contributed by atoms with Crippen molar-refractivity contribution in [2.24, 2.45) is 0 Å². The van der Waals surface area contributed by atoms with E-state index in [4.69, 9.17) is 8.85 Å². The second-order valence-corrected chi connectivity index (χ2v) is 20.2. The van der Waals surface area contributed by atoms with Gasteiger partial charge in [-0.15, -0.1) is 6.58 Å². The van der Waals surface area contributed by atoms with Crippen LogP contribution >= 0.6 is 0 Å². The van der Waals surface area contributed by atoms with E-state index in [1.807, 2.05) is 11.8 Å². The summed E-state index contributed by atoms with van der Waals surface area (Å²) in [5.74, 6) is 0. The van der Waals surface area contributed by atoms with E-state index in [1.165, 1.54) is 5.19 Å². The molecule has 0 heterocycles. The molecule has 1 atom stereocenters. The maximum absolute atomic E-state index is 6.82. The number of hydrogen-bond acceptors (Lipinski definition) is 2. The van der Waals surface area contributed by atoms with Crippen LogP contribution in [-0.2, 0) is 8.85 Å². The monoisotopic (exact) mass is 380 g/mol. The Morgan fingerprint density at radius 3 is 1.88 bits per heavy atom. The molecule has 1 unspecified atom stereocenters. The molecule has 0 radical (unpaired) electrons. The minimum atomic E-state index is -2.22. The van der Waals surface area contributed by atoms with E-state index >= 15 is 0 Å². The largest absolute Gasteiger partial charge is 0.413 e. The average molecular weight is 381 g/mol. The van der Waals surface area contributed by atoms with Crippen molar-refractivity contribution >= 4 is 30.6 Å². The fraction of sp³-hybridized carbons (Fsp3) is 0.579. The Balaban J connectivity index is 3.11. The Morgan fingerprint density at radius 2 is 1.46 bits per heavy atom. The molecule has 0 aliphatic rings. The Hall–Kier alpha value is -0.469. The second-order valence-electron chi connectivity index (χ2n) is 8.66. The first-order valence-corrected chi connectivity index (χ1v) is 17.1. The lowest BCUT2D eigenvalue weighted by Gasteiger charge is -2.48. The van der Waals surface area contributed by atoms with Gasteiger partial charge in [-0.25, -0.2) is 0 Å². The highest BCUT2D eigenvalue weighted by molar-refractivity contribution is 6.90. The molecule has 0 aliphatic heterocycles. The molecule has 0 bridgehead atoms. The van der Waals surface area contributed by atoms with Gasteiger partial charge in [-0.05, 0) is 52.5 Å². The number of hydrogen-bond donors (Lipinski definition) is 0. The standard InChI is InChI=1S/C19H36O2Si3/c1-11-24(10,17-15-13-12-14-16-17)21-19(4,5)23(8,9)20-18(2,3)22(6)7/h11-16,22H,1H2,2-10H3. The van der Waals surface area contributed by atoms with Gasteiger partial charge in [0.15, 0.2) is 0 Å². The van der Waals surface area contributed by atoms with Gasteiger partial charge < -0.3 is 8.85 Å². The summed E-state index contributed by atoms with van der Waals surface area (Å²) in [4.78, 5) is 0. The van der Waals surface area contributed by atoms with Crippen molar-refractivity contribution in [2.45, 2.75) is 70.9 Å². The van der Waals surface area contributed by atoms with Crippen molar-refractivity contribution < 1.29 is 8.85 Å². The molecular weight excluding hydrogens is 344 g/mol. The molecule has 0 fully saturated rings. The van der Waals surface area contributed by atoms with Gasteiger partial charge in [-0.1, -0.05) is 49.1 Å². The van der Waals surface area contributed by atoms with Crippen molar-refractivity contribution in [3.05, 3.63) is 42.6 Å². The van der Waals surface area contributed by atoms with E-state index in [9.17, 15) is 0 Å². The lowest BCUT2D eigenvalue weighted by Crippen LogP contribution is -2.64. The van der Waals surface area contributed by atoms with Crippen LogP contribution in [-0.4, -0.2) is 35.9 Å². The van der Waals surface area contributed by atoms with Crippen molar-refractivity contribution in [1.82, 2.24) is 0 Å². The molecule has 1 aromatic rings. The molecule has 24 heavy (non-hydrogen) atoms. The van der Waals surface area contributed by atoms with Gasteiger partial charge in [0.25, 0.3) is 0 Å². The highest BCUT2D eigenvalue weighted by Gasteiger charge is 2.49. The lowest BCUT2D eigenvalue weighted by molar-refractivity contribution is 0.104. The molecule has 0 spiro atoms. The zero-order chi connectivity index (χ0) is 18.8. The fourth-order valence-corrected chi connectivity index (χ4v) is 9.90. The predicted molar refractivity (Wildman–Crippen MR) is 115 cm³/mol. The van der Waals surface area contributed by atoms with E-state index in [1.54, 1.807) is 0 Å². The van der Waals surface area contributed by atoms with Gasteiger partial charge in [0.1, 0.15) is 0 Å². The molecule has 0 aliphatic carbocycles. The summed E-state index contributed by atoms with van der Waals surface area (Å²) < 4.78 is 13.6. The second kappa shape index (κ2) is 7.42. The molecule has 0 aromatic heterocycles. The molecule has 5 heteroatoms. The third-order valence-electron chi connectivity index (χ3n) is 5.56. The Bertz CT molecular complexity index is 553. The van der Waals surface area contributed by atoms with Gasteiger partial charge in [-0.3, -0.25) is 0 Å². The molecule has 2 nitrogen and oxygen atoms in total. The van der Waals surface area contributed by atoms with Crippen LogP contribution in [0.2, 0.25) is 32.7 Å². The topological polar surface area (TPSA) is 18.5 Å². The van der Waals surface area contributed by atoms with Gasteiger partial charge in [-0.2, -0.15) is 0 Å². The zero-order valence-electron chi connectivity index (χ0n) is 17.1. The Morgan fingerprint density at radius 1 is 0.958 bits per heavy atom. The van der Waals surface area contributed by atoms with Crippen LogP contribution in [0.1, 0.15) is 27.7 Å². The van der Waals surface area contributed by atoms with Crippen LogP contribution in [0.15, 0.2) is 42.6 Å². The summed E-state index contributed by atoms with van der Waals surface area (Å²) in [5.41, 5.74) is 2.04. The summed E-state index contributed by atoms with van der Waals surface area (Å²) >= 11 is 0. The highest BCUT2D eigenvalue weighted by atomic mass is 28.4. The first-order chi connectivity index (χ1) is 10.8. The van der Waals surface area contributed by atoms with Crippen LogP contribution in [0.4, 0.5) is 0 Å². The number of rotatable bonds is 8. The average Bonchev–Trinajstić information content (AvgIpc) is 2.46. The minimum Gasteiger partial charge on any atom is -0.413 e. The summed E-state index contributed by atoms with van der Waals surface area (Å²) in [6, 6.07) is 10.5. The quantitative estimate of drug-likeness (QED) is 0.616. The molecule has 0 amide bonds. The summed E-state index contributed by atoms with van der Waals surface area (Å²) in [5, 5.41) is 0.948. The number of benzene rings is 1. The van der Waals surface area contributed by atoms with Crippen LogP contribution < -0.4 is 5.19 Å². The van der Waals surface area contributed by atoms with E-state index in [0.717, 1.165) is 0 Å². The van der Waals surface area contributed by atoms with Crippen molar-refractivity contribution in [3.8, 4) is 0 Å². The van der Waals surface area contributed by atoms with Crippen LogP contribution in [0.5, 0.6) is 0 Å². The molecule has 136 valence electrons. The third-order valence-corrected chi connectivity index (χ3v) is 16.1. The van der Waals surface area contributed by atoms with Gasteiger partial charge >= 0.3 is 0 Å². The first kappa shape index (κ1) is 21.6. The smallest absolute Gasteiger partial charge is 0.245 e. The SMILES string of the molecule is C=C[Si](C)(OC(C)(C)[Si](C)(C)OC(C)(C)[SiH](C)C)c1ccccc1. The maximum Gasteiger partial charge on any atom is 0.245 e. The summed E-state index contributed by atoms with van der Waals surface area (Å²) in [6.07, 6.45) is 0. The molecule has 0 saturated heterocycles. The molecule has 0 saturated carbocycles. The van der Waals surface area contributed by atoms with Gasteiger partial charge in [0.05, 0.1) is 14.0 Å². The molecule has 1 aromatic carbocycles. The van der Waals surface area contributed by atoms with E-state index in [2.05, 4.69) is 91.3 Å². The highest BCUT2D eigenvalue weighted by Crippen LogP contribution is 2.33. The maximum atomic E-state index is 6.82. The Labute approximate surface area is 153 Å². The minimum absolute atomic E-state index is 0.0186. The van der Waals surface area contributed by atoms with Crippen molar-refractivity contribution in [3.63, 3.8) is 0 Å². The predicted octanol–water partition coefficient (Wildman–Crippen LogP) is 4.55. The summed E-state index contributed by atoms with van der Waals surface area (Å²) in [6.45, 7) is 24.5. The normalized spacial score (nSPS) is 16.1. The van der Waals surface area contributed by atoms with E-state index in [-0.39, 0.29) is 10.4 Å². The Kier molecular flexibility index (Phi) is 6.67. The van der Waals surface area contributed by atoms with Gasteiger partial charge in [0.2, 0.25) is 16.6 Å². The molecule has 1 rings (SSSR count). The lowest BCUT2D eigenvalue weighted by atomic mass is 10.4.